The molecule has 0 amide bonds. The Morgan fingerprint density at radius 2 is 1.57 bits per heavy atom. The third-order valence-electron chi connectivity index (χ3n) is 5.91. The summed E-state index contributed by atoms with van der Waals surface area (Å²) in [6.07, 6.45) is 4.44. The van der Waals surface area contributed by atoms with Gasteiger partial charge in [-0.2, -0.15) is 0 Å². The van der Waals surface area contributed by atoms with Crippen LogP contribution in [0.1, 0.15) is 39.5 Å². The predicted molar refractivity (Wildman–Crippen MR) is 86.4 cm³/mol. The molecule has 0 heterocycles. The number of hydrogen-bond acceptors (Lipinski definition) is 4. The zero-order valence-electron chi connectivity index (χ0n) is 14.0. The second-order valence-corrected chi connectivity index (χ2v) is 7.66. The predicted octanol–water partition coefficient (Wildman–Crippen LogP) is 3.28. The molecule has 3 saturated carbocycles. The average molecular weight is 318 g/mol. The first-order valence-electron chi connectivity index (χ1n) is 8.56. The van der Waals surface area contributed by atoms with Crippen LogP contribution in [0.5, 0.6) is 0 Å². The zero-order valence-corrected chi connectivity index (χ0v) is 14.0. The van der Waals surface area contributed by atoms with Crippen LogP contribution in [0.3, 0.4) is 0 Å². The summed E-state index contributed by atoms with van der Waals surface area (Å²) in [7, 11) is 0. The van der Waals surface area contributed by atoms with E-state index in [0.717, 1.165) is 19.3 Å². The van der Waals surface area contributed by atoms with Crippen LogP contribution >= 0.6 is 0 Å². The number of ether oxygens (including phenoxy) is 2. The highest BCUT2D eigenvalue weighted by molar-refractivity contribution is 5.87. The lowest BCUT2D eigenvalue weighted by Crippen LogP contribution is -2.32. The Hall–Kier alpha value is -1.58. The Balaban J connectivity index is 1.55. The van der Waals surface area contributed by atoms with Crippen LogP contribution in [0.4, 0.5) is 0 Å². The van der Waals surface area contributed by atoms with Gasteiger partial charge < -0.3 is 9.47 Å². The van der Waals surface area contributed by atoms with Crippen LogP contribution in [0.25, 0.3) is 0 Å². The summed E-state index contributed by atoms with van der Waals surface area (Å²) in [6.45, 7) is 11.1. The van der Waals surface area contributed by atoms with Crippen molar-refractivity contribution < 1.29 is 19.1 Å². The number of hydrogen-bond donors (Lipinski definition) is 0. The van der Waals surface area contributed by atoms with Gasteiger partial charge in [-0.3, -0.25) is 0 Å². The van der Waals surface area contributed by atoms with Crippen molar-refractivity contribution in [3.63, 3.8) is 0 Å². The maximum Gasteiger partial charge on any atom is 0.333 e. The highest BCUT2D eigenvalue weighted by atomic mass is 16.5. The summed E-state index contributed by atoms with van der Waals surface area (Å²) in [5, 5.41) is 0. The van der Waals surface area contributed by atoms with Gasteiger partial charge in [0, 0.05) is 11.1 Å². The summed E-state index contributed by atoms with van der Waals surface area (Å²) in [4.78, 5) is 23.3. The van der Waals surface area contributed by atoms with Crippen LogP contribution in [-0.4, -0.2) is 24.6 Å². The fraction of sp³-hybridized carbons (Fsp3) is 0.684. The average Bonchev–Trinajstić information content (AvgIpc) is 3.14. The van der Waals surface area contributed by atoms with Gasteiger partial charge in [-0.05, 0) is 69.1 Å². The fourth-order valence-electron chi connectivity index (χ4n) is 4.95. The van der Waals surface area contributed by atoms with Gasteiger partial charge in [-0.25, -0.2) is 9.59 Å². The van der Waals surface area contributed by atoms with E-state index >= 15 is 0 Å². The fourth-order valence-corrected chi connectivity index (χ4v) is 4.95. The van der Waals surface area contributed by atoms with Gasteiger partial charge in [-0.1, -0.05) is 13.2 Å². The molecule has 0 spiro atoms. The molecule has 3 fully saturated rings. The highest BCUT2D eigenvalue weighted by Gasteiger charge is 2.57. The molecule has 3 aliphatic carbocycles. The molecule has 3 rings (SSSR count). The molecule has 23 heavy (non-hydrogen) atoms. The van der Waals surface area contributed by atoms with E-state index in [1.54, 1.807) is 13.8 Å². The number of rotatable bonds is 5. The first kappa shape index (κ1) is 16.3. The molecule has 6 atom stereocenters. The largest absolute Gasteiger partial charge is 0.462 e. The van der Waals surface area contributed by atoms with Gasteiger partial charge in [-0.15, -0.1) is 0 Å². The molecule has 2 bridgehead atoms. The van der Waals surface area contributed by atoms with Gasteiger partial charge in [0.2, 0.25) is 0 Å². The van der Waals surface area contributed by atoms with E-state index in [1.165, 1.54) is 6.42 Å². The standard InChI is InChI=1S/C19H26O4/c1-10(2)18(20)22-9-12-5-14-13-7-16(15(14)6-12)17(8-13)23-19(21)11(3)4/h12-17H,1,3,5-9H2,2,4H3/t12?,13?,14-,15-,16?,17?/m0/s1. The highest BCUT2D eigenvalue weighted by Crippen LogP contribution is 2.60. The molecule has 3 aliphatic rings. The third kappa shape index (κ3) is 3.08. The number of esters is 2. The van der Waals surface area contributed by atoms with Crippen LogP contribution in [-0.2, 0) is 19.1 Å². The van der Waals surface area contributed by atoms with E-state index in [2.05, 4.69) is 13.2 Å². The molecular weight excluding hydrogens is 292 g/mol. The summed E-state index contributed by atoms with van der Waals surface area (Å²) in [5.74, 6) is 2.36. The van der Waals surface area contributed by atoms with Gasteiger partial charge in [0.15, 0.2) is 0 Å². The summed E-state index contributed by atoms with van der Waals surface area (Å²) < 4.78 is 11.0. The molecule has 4 nitrogen and oxygen atoms in total. The first-order chi connectivity index (χ1) is 10.9. The van der Waals surface area contributed by atoms with Crippen molar-refractivity contribution >= 4 is 11.9 Å². The number of fused-ring (bicyclic) bond motifs is 5. The van der Waals surface area contributed by atoms with E-state index in [1.807, 2.05) is 0 Å². The lowest BCUT2D eigenvalue weighted by molar-refractivity contribution is -0.148. The number of carbonyl (C=O) groups excluding carboxylic acids is 2. The summed E-state index contributed by atoms with van der Waals surface area (Å²) in [6, 6.07) is 0. The van der Waals surface area contributed by atoms with Crippen LogP contribution in [0.15, 0.2) is 24.3 Å². The molecule has 126 valence electrons. The first-order valence-corrected chi connectivity index (χ1v) is 8.56. The minimum Gasteiger partial charge on any atom is -0.462 e. The second kappa shape index (κ2) is 6.14. The van der Waals surface area contributed by atoms with Gasteiger partial charge >= 0.3 is 11.9 Å². The SMILES string of the molecule is C=C(C)C(=O)OCC1C[C@@H]2C3CC(CC3OC(=O)C(=C)C)[C@@H]2C1. The zero-order chi connectivity index (χ0) is 16.7. The maximum absolute atomic E-state index is 11.8. The normalized spacial score (nSPS) is 37.3. The Morgan fingerprint density at radius 1 is 0.913 bits per heavy atom. The topological polar surface area (TPSA) is 52.6 Å². The van der Waals surface area contributed by atoms with Crippen molar-refractivity contribution in [1.29, 1.82) is 0 Å². The molecule has 0 aromatic carbocycles. The molecule has 4 unspecified atom stereocenters. The molecule has 0 aromatic heterocycles. The smallest absolute Gasteiger partial charge is 0.333 e. The second-order valence-electron chi connectivity index (χ2n) is 7.66. The Labute approximate surface area is 137 Å². The molecule has 0 N–H and O–H groups in total. The molecule has 4 heteroatoms. The van der Waals surface area contributed by atoms with Crippen LogP contribution < -0.4 is 0 Å². The molecule has 0 saturated heterocycles. The van der Waals surface area contributed by atoms with Crippen molar-refractivity contribution in [2.24, 2.45) is 29.6 Å². The van der Waals surface area contributed by atoms with Crippen molar-refractivity contribution in [3.05, 3.63) is 24.3 Å². The molecule has 0 aromatic rings. The van der Waals surface area contributed by atoms with Gasteiger partial charge in [0.25, 0.3) is 0 Å². The maximum atomic E-state index is 11.8. The lowest BCUT2D eigenvalue weighted by Gasteiger charge is -2.31. The lowest BCUT2D eigenvalue weighted by atomic mass is 9.80. The monoisotopic (exact) mass is 318 g/mol. The van der Waals surface area contributed by atoms with Crippen molar-refractivity contribution in [2.45, 2.75) is 45.6 Å². The quantitative estimate of drug-likeness (QED) is 0.576. The molecule has 0 radical (unpaired) electrons. The minimum absolute atomic E-state index is 0.0576. The van der Waals surface area contributed by atoms with E-state index in [-0.39, 0.29) is 18.0 Å². The van der Waals surface area contributed by atoms with E-state index in [4.69, 9.17) is 9.47 Å². The minimum atomic E-state index is -0.293. The van der Waals surface area contributed by atoms with Crippen LogP contribution in [0.2, 0.25) is 0 Å². The van der Waals surface area contributed by atoms with Gasteiger partial charge in [0.1, 0.15) is 6.10 Å². The Morgan fingerprint density at radius 3 is 2.22 bits per heavy atom. The third-order valence-corrected chi connectivity index (χ3v) is 5.91. The summed E-state index contributed by atoms with van der Waals surface area (Å²) in [5.41, 5.74) is 0.926. The van der Waals surface area contributed by atoms with Crippen molar-refractivity contribution in [2.75, 3.05) is 6.61 Å². The van der Waals surface area contributed by atoms with E-state index in [0.29, 0.717) is 47.3 Å². The van der Waals surface area contributed by atoms with Crippen molar-refractivity contribution in [1.82, 2.24) is 0 Å². The van der Waals surface area contributed by atoms with Gasteiger partial charge in [0.05, 0.1) is 6.61 Å². The Kier molecular flexibility index (Phi) is 4.35. The molecule has 0 aliphatic heterocycles. The molecular formula is C19H26O4. The van der Waals surface area contributed by atoms with E-state index < -0.39 is 0 Å². The number of carbonyl (C=O) groups is 2. The van der Waals surface area contributed by atoms with Crippen molar-refractivity contribution in [3.8, 4) is 0 Å². The summed E-state index contributed by atoms with van der Waals surface area (Å²) >= 11 is 0. The van der Waals surface area contributed by atoms with E-state index in [9.17, 15) is 9.59 Å². The Bertz CT molecular complexity index is 550. The van der Waals surface area contributed by atoms with Crippen LogP contribution in [0, 0.1) is 29.6 Å².